The quantitative estimate of drug-likeness (QED) is 0.659. The number of carbonyl (C=O) groups excluding carboxylic acids is 1. The third-order valence-electron chi connectivity index (χ3n) is 5.36. The third-order valence-corrected chi connectivity index (χ3v) is 7.24. The number of sulfonamides is 1. The molecular formula is C22H23FN2O4S. The smallest absolute Gasteiger partial charge is 0.243 e. The van der Waals surface area contributed by atoms with Crippen LogP contribution in [0.4, 0.5) is 10.1 Å². The summed E-state index contributed by atoms with van der Waals surface area (Å²) in [7, 11) is -3.54. The van der Waals surface area contributed by atoms with E-state index < -0.39 is 15.8 Å². The molecule has 6 nitrogen and oxygen atoms in total. The number of anilines is 1. The van der Waals surface area contributed by atoms with E-state index in [1.807, 2.05) is 0 Å². The second-order valence-corrected chi connectivity index (χ2v) is 9.70. The van der Waals surface area contributed by atoms with Crippen molar-refractivity contribution in [2.75, 3.05) is 18.4 Å². The maximum Gasteiger partial charge on any atom is 0.243 e. The lowest BCUT2D eigenvalue weighted by Gasteiger charge is -2.30. The Bertz CT molecular complexity index is 1170. The topological polar surface area (TPSA) is 79.6 Å². The number of hydrogen-bond acceptors (Lipinski definition) is 4. The Balaban J connectivity index is 1.44. The highest BCUT2D eigenvalue weighted by molar-refractivity contribution is 7.89. The molecule has 1 aliphatic heterocycles. The third kappa shape index (κ3) is 4.24. The first-order chi connectivity index (χ1) is 14.3. The Labute approximate surface area is 174 Å². The lowest BCUT2D eigenvalue weighted by molar-refractivity contribution is -0.115. The van der Waals surface area contributed by atoms with Crippen molar-refractivity contribution in [1.82, 2.24) is 4.31 Å². The average molecular weight is 431 g/mol. The molecule has 1 aliphatic rings. The van der Waals surface area contributed by atoms with E-state index in [0.717, 1.165) is 12.8 Å². The molecule has 2 heterocycles. The van der Waals surface area contributed by atoms with E-state index in [1.54, 1.807) is 12.1 Å². The molecule has 2 aromatic carbocycles. The van der Waals surface area contributed by atoms with Gasteiger partial charge in [0.15, 0.2) is 0 Å². The number of piperidine rings is 1. The first kappa shape index (κ1) is 20.6. The maximum absolute atomic E-state index is 13.5. The van der Waals surface area contributed by atoms with Crippen molar-refractivity contribution in [1.29, 1.82) is 0 Å². The Morgan fingerprint density at radius 3 is 2.73 bits per heavy atom. The van der Waals surface area contributed by atoms with E-state index in [1.165, 1.54) is 40.9 Å². The van der Waals surface area contributed by atoms with Crippen molar-refractivity contribution in [3.8, 4) is 0 Å². The zero-order chi connectivity index (χ0) is 21.3. The largest absolute Gasteiger partial charge is 0.464 e. The number of carbonyl (C=O) groups is 1. The van der Waals surface area contributed by atoms with E-state index in [0.29, 0.717) is 41.2 Å². The van der Waals surface area contributed by atoms with Crippen molar-refractivity contribution < 1.29 is 22.0 Å². The molecule has 1 fully saturated rings. The Morgan fingerprint density at radius 1 is 1.23 bits per heavy atom. The molecule has 8 heteroatoms. The van der Waals surface area contributed by atoms with Gasteiger partial charge in [-0.05, 0) is 61.2 Å². The van der Waals surface area contributed by atoms with Gasteiger partial charge in [0.05, 0.1) is 17.6 Å². The number of rotatable bonds is 5. The molecule has 1 atom stereocenters. The minimum atomic E-state index is -3.54. The molecule has 0 aliphatic carbocycles. The van der Waals surface area contributed by atoms with Crippen molar-refractivity contribution in [2.24, 2.45) is 5.92 Å². The Hall–Kier alpha value is -2.71. The van der Waals surface area contributed by atoms with Crippen molar-refractivity contribution in [3.63, 3.8) is 0 Å². The fraction of sp³-hybridized carbons (Fsp3) is 0.318. The second kappa shape index (κ2) is 8.20. The zero-order valence-electron chi connectivity index (χ0n) is 16.6. The summed E-state index contributed by atoms with van der Waals surface area (Å²) in [4.78, 5) is 12.6. The number of amides is 1. The van der Waals surface area contributed by atoms with Gasteiger partial charge in [0.2, 0.25) is 15.9 Å². The number of benzene rings is 2. The van der Waals surface area contributed by atoms with Gasteiger partial charge in [0.1, 0.15) is 11.4 Å². The molecule has 0 spiro atoms. The van der Waals surface area contributed by atoms with Crippen LogP contribution >= 0.6 is 0 Å². The van der Waals surface area contributed by atoms with Crippen molar-refractivity contribution >= 4 is 32.6 Å². The summed E-state index contributed by atoms with van der Waals surface area (Å²) >= 11 is 0. The molecule has 0 radical (unpaired) electrons. The number of fused-ring (bicyclic) bond motifs is 1. The van der Waals surface area contributed by atoms with Gasteiger partial charge >= 0.3 is 0 Å². The Kier molecular flexibility index (Phi) is 5.62. The van der Waals surface area contributed by atoms with E-state index in [4.69, 9.17) is 4.42 Å². The van der Waals surface area contributed by atoms with Gasteiger partial charge in [-0.25, -0.2) is 12.8 Å². The lowest BCUT2D eigenvalue weighted by atomic mass is 10.0. The van der Waals surface area contributed by atoms with Gasteiger partial charge in [-0.15, -0.1) is 0 Å². The van der Waals surface area contributed by atoms with Gasteiger partial charge in [0.25, 0.3) is 0 Å². The molecule has 30 heavy (non-hydrogen) atoms. The maximum atomic E-state index is 13.5. The molecule has 4 rings (SSSR count). The fourth-order valence-electron chi connectivity index (χ4n) is 3.79. The van der Waals surface area contributed by atoms with E-state index in [2.05, 4.69) is 12.2 Å². The van der Waals surface area contributed by atoms with Crippen molar-refractivity contribution in [2.45, 2.75) is 31.1 Å². The summed E-state index contributed by atoms with van der Waals surface area (Å²) in [5.41, 5.74) is 1.59. The molecule has 1 aromatic heterocycles. The molecular weight excluding hydrogens is 407 g/mol. The van der Waals surface area contributed by atoms with Crippen LogP contribution in [0.5, 0.6) is 0 Å². The average Bonchev–Trinajstić information content (AvgIpc) is 3.10. The predicted molar refractivity (Wildman–Crippen MR) is 112 cm³/mol. The van der Waals surface area contributed by atoms with Crippen LogP contribution in [0.25, 0.3) is 11.0 Å². The van der Waals surface area contributed by atoms with Crippen LogP contribution in [0.1, 0.15) is 25.3 Å². The lowest BCUT2D eigenvalue weighted by Crippen LogP contribution is -2.39. The number of nitrogens with zero attached hydrogens (tertiary/aromatic N) is 1. The monoisotopic (exact) mass is 430 g/mol. The highest BCUT2D eigenvalue weighted by Gasteiger charge is 2.28. The predicted octanol–water partition coefficient (Wildman–Crippen LogP) is 4.17. The number of halogens is 1. The minimum Gasteiger partial charge on any atom is -0.464 e. The zero-order valence-corrected chi connectivity index (χ0v) is 17.4. The number of hydrogen-bond donors (Lipinski definition) is 1. The fourth-order valence-corrected chi connectivity index (χ4v) is 5.39. The van der Waals surface area contributed by atoms with E-state index in [9.17, 15) is 17.6 Å². The molecule has 3 aromatic rings. The first-order valence-electron chi connectivity index (χ1n) is 9.88. The molecule has 1 saturated heterocycles. The van der Waals surface area contributed by atoms with Gasteiger partial charge in [-0.2, -0.15) is 4.31 Å². The van der Waals surface area contributed by atoms with Crippen LogP contribution in [-0.2, 0) is 21.2 Å². The molecule has 1 N–H and O–H groups in total. The SMILES string of the molecule is CC1CCCN(S(=O)(=O)c2ccc(NC(=O)Cc3coc4ccc(F)cc34)cc2)C1. The van der Waals surface area contributed by atoms with Gasteiger partial charge in [-0.3, -0.25) is 4.79 Å². The molecule has 0 bridgehead atoms. The second-order valence-electron chi connectivity index (χ2n) is 7.76. The molecule has 0 saturated carbocycles. The first-order valence-corrected chi connectivity index (χ1v) is 11.3. The normalized spacial score (nSPS) is 17.9. The summed E-state index contributed by atoms with van der Waals surface area (Å²) in [5.74, 6) is -0.354. The summed E-state index contributed by atoms with van der Waals surface area (Å²) in [6, 6.07) is 10.3. The van der Waals surface area contributed by atoms with Gasteiger partial charge in [-0.1, -0.05) is 6.92 Å². The van der Waals surface area contributed by atoms with Gasteiger partial charge in [0, 0.05) is 29.7 Å². The molecule has 1 amide bonds. The van der Waals surface area contributed by atoms with Crippen LogP contribution in [0.15, 0.2) is 58.0 Å². The van der Waals surface area contributed by atoms with Crippen LogP contribution in [0.3, 0.4) is 0 Å². The summed E-state index contributed by atoms with van der Waals surface area (Å²) in [5, 5.41) is 3.30. The summed E-state index contributed by atoms with van der Waals surface area (Å²) in [6.45, 7) is 3.11. The van der Waals surface area contributed by atoms with E-state index in [-0.39, 0.29) is 17.2 Å². The minimum absolute atomic E-state index is 0.0160. The molecule has 158 valence electrons. The van der Waals surface area contributed by atoms with Crippen LogP contribution < -0.4 is 5.32 Å². The molecule has 1 unspecified atom stereocenters. The van der Waals surface area contributed by atoms with Crippen LogP contribution in [0.2, 0.25) is 0 Å². The summed E-state index contributed by atoms with van der Waals surface area (Å²) < 4.78 is 46.0. The van der Waals surface area contributed by atoms with Gasteiger partial charge < -0.3 is 9.73 Å². The number of furan rings is 1. The highest BCUT2D eigenvalue weighted by Crippen LogP contribution is 2.25. The Morgan fingerprint density at radius 2 is 2.00 bits per heavy atom. The van der Waals surface area contributed by atoms with Crippen LogP contribution in [0, 0.1) is 11.7 Å². The number of nitrogens with one attached hydrogen (secondary N) is 1. The van der Waals surface area contributed by atoms with Crippen molar-refractivity contribution in [3.05, 3.63) is 60.1 Å². The standard InChI is InChI=1S/C22H23FN2O4S/c1-15-3-2-10-25(13-15)30(27,28)19-7-5-18(6-8-19)24-22(26)11-16-14-29-21-9-4-17(23)12-20(16)21/h4-9,12,14-15H,2-3,10-11,13H2,1H3,(H,24,26). The highest BCUT2D eigenvalue weighted by atomic mass is 32.2. The van der Waals surface area contributed by atoms with Crippen LogP contribution in [-0.4, -0.2) is 31.7 Å². The van der Waals surface area contributed by atoms with E-state index >= 15 is 0 Å². The summed E-state index contributed by atoms with van der Waals surface area (Å²) in [6.07, 6.45) is 3.36.